The van der Waals surface area contributed by atoms with E-state index >= 15 is 0 Å². The standard InChI is InChI=1S/C14H13BrS/c1-11(12-6-5-7-13(15)10-12)16-14-8-3-2-4-9-14/h2-11H,1H3. The zero-order valence-electron chi connectivity index (χ0n) is 9.06. The van der Waals surface area contributed by atoms with Crippen molar-refractivity contribution in [1.82, 2.24) is 0 Å². The van der Waals surface area contributed by atoms with Crippen molar-refractivity contribution in [3.63, 3.8) is 0 Å². The lowest BCUT2D eigenvalue weighted by atomic mass is 10.2. The van der Waals surface area contributed by atoms with E-state index < -0.39 is 0 Å². The summed E-state index contributed by atoms with van der Waals surface area (Å²) < 4.78 is 1.14. The zero-order valence-corrected chi connectivity index (χ0v) is 11.5. The first-order valence-electron chi connectivity index (χ1n) is 5.23. The molecule has 0 aromatic heterocycles. The molecule has 0 nitrogen and oxygen atoms in total. The van der Waals surface area contributed by atoms with Gasteiger partial charge in [0.05, 0.1) is 0 Å². The topological polar surface area (TPSA) is 0 Å². The molecule has 0 N–H and O–H groups in total. The van der Waals surface area contributed by atoms with Gasteiger partial charge in [0.1, 0.15) is 0 Å². The highest BCUT2D eigenvalue weighted by molar-refractivity contribution is 9.10. The Hall–Kier alpha value is -0.730. The molecule has 0 aliphatic heterocycles. The predicted octanol–water partition coefficient (Wildman–Crippen LogP) is 5.30. The zero-order chi connectivity index (χ0) is 11.4. The molecule has 1 atom stereocenters. The fourth-order valence-electron chi connectivity index (χ4n) is 1.53. The lowest BCUT2D eigenvalue weighted by molar-refractivity contribution is 1.09. The molecule has 2 heteroatoms. The largest absolute Gasteiger partial charge is 0.118 e. The van der Waals surface area contributed by atoms with E-state index in [9.17, 15) is 0 Å². The predicted molar refractivity (Wildman–Crippen MR) is 74.9 cm³/mol. The van der Waals surface area contributed by atoms with Gasteiger partial charge in [-0.25, -0.2) is 0 Å². The first kappa shape index (κ1) is 11.7. The Balaban J connectivity index is 2.12. The Morgan fingerprint density at radius 3 is 2.44 bits per heavy atom. The van der Waals surface area contributed by atoms with Gasteiger partial charge in [0.15, 0.2) is 0 Å². The molecule has 0 fully saturated rings. The molecule has 0 saturated carbocycles. The van der Waals surface area contributed by atoms with Crippen molar-refractivity contribution in [2.75, 3.05) is 0 Å². The summed E-state index contributed by atoms with van der Waals surface area (Å²) in [6, 6.07) is 19.0. The van der Waals surface area contributed by atoms with Crippen molar-refractivity contribution >= 4 is 27.7 Å². The van der Waals surface area contributed by atoms with Gasteiger partial charge in [-0.05, 0) is 36.8 Å². The smallest absolute Gasteiger partial charge is 0.0316 e. The molecule has 0 aliphatic rings. The molecule has 0 saturated heterocycles. The Morgan fingerprint density at radius 2 is 1.75 bits per heavy atom. The average Bonchev–Trinajstić information content (AvgIpc) is 2.30. The van der Waals surface area contributed by atoms with Gasteiger partial charge in [-0.3, -0.25) is 0 Å². The average molecular weight is 293 g/mol. The van der Waals surface area contributed by atoms with Gasteiger partial charge in [0.2, 0.25) is 0 Å². The van der Waals surface area contributed by atoms with Crippen LogP contribution in [0.25, 0.3) is 0 Å². The second-order valence-corrected chi connectivity index (χ2v) is 5.96. The molecule has 2 rings (SSSR count). The van der Waals surface area contributed by atoms with Crippen molar-refractivity contribution < 1.29 is 0 Å². The number of rotatable bonds is 3. The molecule has 0 bridgehead atoms. The fraction of sp³-hybridized carbons (Fsp3) is 0.143. The first-order valence-corrected chi connectivity index (χ1v) is 6.90. The van der Waals surface area contributed by atoms with Crippen LogP contribution in [0.4, 0.5) is 0 Å². The highest BCUT2D eigenvalue weighted by Crippen LogP contribution is 2.35. The van der Waals surface area contributed by atoms with E-state index in [1.54, 1.807) is 0 Å². The molecule has 0 radical (unpaired) electrons. The van der Waals surface area contributed by atoms with Crippen LogP contribution in [0.15, 0.2) is 64.0 Å². The maximum absolute atomic E-state index is 3.51. The lowest BCUT2D eigenvalue weighted by Crippen LogP contribution is -1.87. The minimum absolute atomic E-state index is 0.472. The van der Waals surface area contributed by atoms with Crippen molar-refractivity contribution in [1.29, 1.82) is 0 Å². The van der Waals surface area contributed by atoms with Crippen molar-refractivity contribution in [2.24, 2.45) is 0 Å². The molecule has 2 aromatic rings. The summed E-state index contributed by atoms with van der Waals surface area (Å²) in [6.07, 6.45) is 0. The number of hydrogen-bond donors (Lipinski definition) is 0. The van der Waals surface area contributed by atoms with Crippen molar-refractivity contribution in [2.45, 2.75) is 17.1 Å². The molecule has 0 heterocycles. The van der Waals surface area contributed by atoms with Crippen LogP contribution in [0.1, 0.15) is 17.7 Å². The van der Waals surface area contributed by atoms with Crippen LogP contribution in [-0.4, -0.2) is 0 Å². The van der Waals surface area contributed by atoms with E-state index in [4.69, 9.17) is 0 Å². The molecular formula is C14H13BrS. The van der Waals surface area contributed by atoms with Gasteiger partial charge in [-0.2, -0.15) is 0 Å². The van der Waals surface area contributed by atoms with Gasteiger partial charge < -0.3 is 0 Å². The summed E-state index contributed by atoms with van der Waals surface area (Å²) in [6.45, 7) is 2.24. The lowest BCUT2D eigenvalue weighted by Gasteiger charge is -2.11. The quantitative estimate of drug-likeness (QED) is 0.692. The highest BCUT2D eigenvalue weighted by atomic mass is 79.9. The maximum Gasteiger partial charge on any atom is 0.0316 e. The van der Waals surface area contributed by atoms with E-state index in [1.807, 2.05) is 17.8 Å². The summed E-state index contributed by atoms with van der Waals surface area (Å²) in [5.74, 6) is 0. The molecule has 0 amide bonds. The van der Waals surface area contributed by atoms with E-state index in [2.05, 4.69) is 71.4 Å². The summed E-state index contributed by atoms with van der Waals surface area (Å²) in [4.78, 5) is 1.31. The van der Waals surface area contributed by atoms with E-state index in [1.165, 1.54) is 10.5 Å². The second-order valence-electron chi connectivity index (χ2n) is 3.63. The Morgan fingerprint density at radius 1 is 1.00 bits per heavy atom. The van der Waals surface area contributed by atoms with Crippen LogP contribution < -0.4 is 0 Å². The van der Waals surface area contributed by atoms with Gasteiger partial charge in [0.25, 0.3) is 0 Å². The van der Waals surface area contributed by atoms with E-state index in [0.717, 1.165) is 4.47 Å². The monoisotopic (exact) mass is 292 g/mol. The van der Waals surface area contributed by atoms with Crippen LogP contribution in [-0.2, 0) is 0 Å². The van der Waals surface area contributed by atoms with Crippen molar-refractivity contribution in [3.8, 4) is 0 Å². The SMILES string of the molecule is CC(Sc1ccccc1)c1cccc(Br)c1. The summed E-state index contributed by atoms with van der Waals surface area (Å²) >= 11 is 5.39. The van der Waals surface area contributed by atoms with Gasteiger partial charge >= 0.3 is 0 Å². The second kappa shape index (κ2) is 5.55. The van der Waals surface area contributed by atoms with Crippen LogP contribution in [0.5, 0.6) is 0 Å². The third-order valence-corrected chi connectivity index (χ3v) is 4.04. The Labute approximate surface area is 109 Å². The molecule has 82 valence electrons. The minimum Gasteiger partial charge on any atom is -0.118 e. The third-order valence-electron chi connectivity index (χ3n) is 2.37. The van der Waals surface area contributed by atoms with Gasteiger partial charge in [-0.1, -0.05) is 46.3 Å². The molecular weight excluding hydrogens is 280 g/mol. The number of halogens is 1. The van der Waals surface area contributed by atoms with Crippen LogP contribution in [0.2, 0.25) is 0 Å². The van der Waals surface area contributed by atoms with Gasteiger partial charge in [0, 0.05) is 14.6 Å². The van der Waals surface area contributed by atoms with Crippen LogP contribution in [0, 0.1) is 0 Å². The summed E-state index contributed by atoms with van der Waals surface area (Å²) in [5, 5.41) is 0.472. The minimum atomic E-state index is 0.472. The van der Waals surface area contributed by atoms with Crippen molar-refractivity contribution in [3.05, 3.63) is 64.6 Å². The maximum atomic E-state index is 3.51. The van der Waals surface area contributed by atoms with E-state index in [0.29, 0.717) is 5.25 Å². The number of thioether (sulfide) groups is 1. The normalized spacial score (nSPS) is 12.4. The Kier molecular flexibility index (Phi) is 4.08. The Bertz CT molecular complexity index is 453. The highest BCUT2D eigenvalue weighted by Gasteiger charge is 2.06. The first-order chi connectivity index (χ1) is 7.75. The summed E-state index contributed by atoms with van der Waals surface area (Å²) in [5.41, 5.74) is 1.35. The molecule has 2 aromatic carbocycles. The van der Waals surface area contributed by atoms with Crippen LogP contribution in [0.3, 0.4) is 0 Å². The summed E-state index contributed by atoms with van der Waals surface area (Å²) in [7, 11) is 0. The van der Waals surface area contributed by atoms with E-state index in [-0.39, 0.29) is 0 Å². The van der Waals surface area contributed by atoms with Crippen LogP contribution >= 0.6 is 27.7 Å². The molecule has 1 unspecified atom stereocenters. The third kappa shape index (κ3) is 3.13. The number of benzene rings is 2. The molecule has 0 aliphatic carbocycles. The molecule has 0 spiro atoms. The molecule has 16 heavy (non-hydrogen) atoms. The fourth-order valence-corrected chi connectivity index (χ4v) is 2.95. The van der Waals surface area contributed by atoms with Gasteiger partial charge in [-0.15, -0.1) is 11.8 Å². The number of hydrogen-bond acceptors (Lipinski definition) is 1.